The highest BCUT2D eigenvalue weighted by molar-refractivity contribution is 6.30. The van der Waals surface area contributed by atoms with Crippen LogP contribution in [0, 0.1) is 25.2 Å². The SMILES string of the molecule is Cc1cc(C)c(C2C(C#N)=C(N)OC3=C2C(=O)CCC3)cc1COc1ccc(Cl)cc1. The van der Waals surface area contributed by atoms with Gasteiger partial charge in [-0.15, -0.1) is 0 Å². The second-order valence-corrected chi connectivity index (χ2v) is 8.35. The number of rotatable bonds is 4. The number of carbonyl (C=O) groups is 1. The average Bonchev–Trinajstić information content (AvgIpc) is 2.74. The number of aryl methyl sites for hydroxylation is 2. The molecule has 0 fully saturated rings. The molecule has 5 nitrogen and oxygen atoms in total. The number of ether oxygens (including phenoxy) is 2. The molecule has 4 rings (SSSR count). The van der Waals surface area contributed by atoms with Gasteiger partial charge in [0.25, 0.3) is 0 Å². The van der Waals surface area contributed by atoms with Crippen molar-refractivity contribution in [3.8, 4) is 11.8 Å². The van der Waals surface area contributed by atoms with Gasteiger partial charge in [-0.1, -0.05) is 23.7 Å². The molecule has 2 aromatic carbocycles. The monoisotopic (exact) mass is 434 g/mol. The number of carbonyl (C=O) groups excluding carboxylic acids is 1. The summed E-state index contributed by atoms with van der Waals surface area (Å²) >= 11 is 5.95. The summed E-state index contributed by atoms with van der Waals surface area (Å²) < 4.78 is 11.6. The molecule has 0 spiro atoms. The zero-order chi connectivity index (χ0) is 22.1. The van der Waals surface area contributed by atoms with Crippen LogP contribution in [-0.4, -0.2) is 5.78 Å². The molecule has 6 heteroatoms. The highest BCUT2D eigenvalue weighted by atomic mass is 35.5. The number of allylic oxidation sites excluding steroid dienone is 3. The number of halogens is 1. The number of nitrogens with zero attached hydrogens (tertiary/aromatic N) is 1. The van der Waals surface area contributed by atoms with Crippen LogP contribution in [0.15, 0.2) is 59.2 Å². The number of nitrogens with two attached hydrogens (primary N) is 1. The van der Waals surface area contributed by atoms with Crippen molar-refractivity contribution in [1.82, 2.24) is 0 Å². The van der Waals surface area contributed by atoms with Crippen molar-refractivity contribution in [1.29, 1.82) is 5.26 Å². The van der Waals surface area contributed by atoms with Crippen LogP contribution in [0.2, 0.25) is 5.02 Å². The highest BCUT2D eigenvalue weighted by Crippen LogP contribution is 2.44. The van der Waals surface area contributed by atoms with E-state index in [0.717, 1.165) is 28.7 Å². The number of hydrogen-bond donors (Lipinski definition) is 1. The predicted octanol–water partition coefficient (Wildman–Crippen LogP) is 5.35. The molecule has 1 unspecified atom stereocenters. The van der Waals surface area contributed by atoms with Crippen molar-refractivity contribution in [2.24, 2.45) is 5.73 Å². The van der Waals surface area contributed by atoms with Gasteiger partial charge in [0.1, 0.15) is 29.8 Å². The second kappa shape index (κ2) is 8.49. The first-order chi connectivity index (χ1) is 14.9. The van der Waals surface area contributed by atoms with Crippen LogP contribution in [0.1, 0.15) is 47.4 Å². The Morgan fingerprint density at radius 1 is 1.19 bits per heavy atom. The predicted molar refractivity (Wildman–Crippen MR) is 118 cm³/mol. The van der Waals surface area contributed by atoms with Crippen molar-refractivity contribution in [2.75, 3.05) is 0 Å². The molecule has 0 aromatic heterocycles. The molecule has 1 aliphatic carbocycles. The Kier molecular flexibility index (Phi) is 5.75. The molecule has 1 aliphatic heterocycles. The topological polar surface area (TPSA) is 85.3 Å². The number of ketones is 1. The summed E-state index contributed by atoms with van der Waals surface area (Å²) in [7, 11) is 0. The maximum Gasteiger partial charge on any atom is 0.205 e. The van der Waals surface area contributed by atoms with Crippen molar-refractivity contribution in [2.45, 2.75) is 45.6 Å². The molecule has 0 bridgehead atoms. The molecule has 1 atom stereocenters. The van der Waals surface area contributed by atoms with Gasteiger partial charge in [0, 0.05) is 23.4 Å². The average molecular weight is 435 g/mol. The first kappa shape index (κ1) is 21.0. The Bertz CT molecular complexity index is 1160. The third-order valence-electron chi connectivity index (χ3n) is 5.85. The van der Waals surface area contributed by atoms with E-state index < -0.39 is 5.92 Å². The largest absolute Gasteiger partial charge is 0.489 e. The van der Waals surface area contributed by atoms with Crippen LogP contribution in [0.3, 0.4) is 0 Å². The minimum atomic E-state index is -0.517. The van der Waals surface area contributed by atoms with E-state index in [4.69, 9.17) is 26.8 Å². The van der Waals surface area contributed by atoms with Gasteiger partial charge >= 0.3 is 0 Å². The minimum Gasteiger partial charge on any atom is -0.489 e. The molecule has 2 N–H and O–H groups in total. The van der Waals surface area contributed by atoms with E-state index in [1.54, 1.807) is 12.1 Å². The molecule has 0 amide bonds. The van der Waals surface area contributed by atoms with Gasteiger partial charge in [-0.2, -0.15) is 5.26 Å². The quantitative estimate of drug-likeness (QED) is 0.700. The lowest BCUT2D eigenvalue weighted by atomic mass is 9.75. The van der Waals surface area contributed by atoms with E-state index >= 15 is 0 Å². The summed E-state index contributed by atoms with van der Waals surface area (Å²) in [6.07, 6.45) is 1.83. The zero-order valence-corrected chi connectivity index (χ0v) is 18.3. The minimum absolute atomic E-state index is 0.0189. The number of Topliss-reactive ketones (excluding diaryl/α,β-unsaturated/α-hetero) is 1. The fourth-order valence-corrected chi connectivity index (χ4v) is 4.37. The molecular formula is C25H23ClN2O3. The summed E-state index contributed by atoms with van der Waals surface area (Å²) in [5, 5.41) is 10.5. The first-order valence-electron chi connectivity index (χ1n) is 10.2. The van der Waals surface area contributed by atoms with Crippen molar-refractivity contribution in [3.05, 3.63) is 86.5 Å². The smallest absolute Gasteiger partial charge is 0.205 e. The summed E-state index contributed by atoms with van der Waals surface area (Å²) in [6.45, 7) is 4.36. The van der Waals surface area contributed by atoms with Gasteiger partial charge in [0.15, 0.2) is 5.78 Å². The normalized spacial score (nSPS) is 18.4. The van der Waals surface area contributed by atoms with Gasteiger partial charge < -0.3 is 15.2 Å². The molecule has 2 aromatic rings. The number of benzene rings is 2. The van der Waals surface area contributed by atoms with E-state index in [2.05, 4.69) is 12.1 Å². The fourth-order valence-electron chi connectivity index (χ4n) is 4.24. The molecule has 0 radical (unpaired) electrons. The standard InChI is InChI=1S/C25H23ClN2O3/c1-14-10-15(2)19(11-16(14)13-30-18-8-6-17(26)7-9-18)23-20(12-27)25(28)31-22-5-3-4-21(29)24(22)23/h6-11,23H,3-5,13,28H2,1-2H3. The van der Waals surface area contributed by atoms with Gasteiger partial charge in [-0.05, 0) is 66.8 Å². The van der Waals surface area contributed by atoms with Crippen LogP contribution >= 0.6 is 11.6 Å². The molecule has 31 heavy (non-hydrogen) atoms. The summed E-state index contributed by atoms with van der Waals surface area (Å²) in [5.74, 6) is 0.893. The summed E-state index contributed by atoms with van der Waals surface area (Å²) in [6, 6.07) is 13.5. The van der Waals surface area contributed by atoms with Gasteiger partial charge in [0.05, 0.1) is 5.92 Å². The van der Waals surface area contributed by atoms with Crippen LogP contribution in [0.25, 0.3) is 0 Å². The van der Waals surface area contributed by atoms with Crippen LogP contribution in [0.5, 0.6) is 5.75 Å². The van der Waals surface area contributed by atoms with Crippen LogP contribution < -0.4 is 10.5 Å². The number of hydrogen-bond acceptors (Lipinski definition) is 5. The fraction of sp³-hybridized carbons (Fsp3) is 0.280. The highest BCUT2D eigenvalue weighted by Gasteiger charge is 2.38. The molecule has 1 heterocycles. The molecule has 0 saturated carbocycles. The third-order valence-corrected chi connectivity index (χ3v) is 6.10. The van der Waals surface area contributed by atoms with Gasteiger partial charge in [-0.3, -0.25) is 4.79 Å². The van der Waals surface area contributed by atoms with Crippen LogP contribution in [-0.2, 0) is 16.1 Å². The van der Waals surface area contributed by atoms with E-state index in [9.17, 15) is 10.1 Å². The van der Waals surface area contributed by atoms with E-state index in [-0.39, 0.29) is 17.2 Å². The van der Waals surface area contributed by atoms with Crippen molar-refractivity contribution < 1.29 is 14.3 Å². The molecule has 158 valence electrons. The van der Waals surface area contributed by atoms with Gasteiger partial charge in [-0.25, -0.2) is 0 Å². The van der Waals surface area contributed by atoms with E-state index in [0.29, 0.717) is 41.6 Å². The maximum atomic E-state index is 12.8. The Hall–Kier alpha value is -3.23. The Morgan fingerprint density at radius 2 is 1.94 bits per heavy atom. The molecule has 2 aliphatic rings. The Balaban J connectivity index is 1.75. The Labute approximate surface area is 186 Å². The van der Waals surface area contributed by atoms with E-state index in [1.807, 2.05) is 32.0 Å². The third kappa shape index (κ3) is 4.04. The lowest BCUT2D eigenvalue weighted by Crippen LogP contribution is -2.28. The molecule has 0 saturated heterocycles. The van der Waals surface area contributed by atoms with Crippen molar-refractivity contribution >= 4 is 17.4 Å². The van der Waals surface area contributed by atoms with Crippen LogP contribution in [0.4, 0.5) is 0 Å². The maximum absolute atomic E-state index is 12.8. The van der Waals surface area contributed by atoms with Gasteiger partial charge in [0.2, 0.25) is 5.88 Å². The first-order valence-corrected chi connectivity index (χ1v) is 10.6. The summed E-state index contributed by atoms with van der Waals surface area (Å²) in [4.78, 5) is 12.8. The zero-order valence-electron chi connectivity index (χ0n) is 17.5. The van der Waals surface area contributed by atoms with E-state index in [1.165, 1.54) is 0 Å². The van der Waals surface area contributed by atoms with Crippen molar-refractivity contribution in [3.63, 3.8) is 0 Å². The second-order valence-electron chi connectivity index (χ2n) is 7.92. The summed E-state index contributed by atoms with van der Waals surface area (Å²) in [5.41, 5.74) is 10.9. The lowest BCUT2D eigenvalue weighted by molar-refractivity contribution is -0.116. The number of nitriles is 1. The molecular weight excluding hydrogens is 412 g/mol. The Morgan fingerprint density at radius 3 is 2.65 bits per heavy atom. The lowest BCUT2D eigenvalue weighted by Gasteiger charge is -2.32.